The SMILES string of the molecule is Nc1ccc(SCC2CC2)c(F)c1. The molecule has 0 bridgehead atoms. The number of rotatable bonds is 3. The molecular formula is C10H12FNS. The van der Waals surface area contributed by atoms with Gasteiger partial charge in [-0.15, -0.1) is 11.8 Å². The van der Waals surface area contributed by atoms with Gasteiger partial charge in [0, 0.05) is 16.3 Å². The van der Waals surface area contributed by atoms with Gasteiger partial charge in [0.25, 0.3) is 0 Å². The lowest BCUT2D eigenvalue weighted by atomic mass is 10.3. The van der Waals surface area contributed by atoms with Gasteiger partial charge in [-0.1, -0.05) is 0 Å². The van der Waals surface area contributed by atoms with Crippen molar-refractivity contribution in [1.82, 2.24) is 0 Å². The quantitative estimate of drug-likeness (QED) is 0.595. The van der Waals surface area contributed by atoms with Crippen LogP contribution < -0.4 is 5.73 Å². The zero-order valence-corrected chi connectivity index (χ0v) is 8.11. The number of anilines is 1. The van der Waals surface area contributed by atoms with Crippen LogP contribution in [0, 0.1) is 11.7 Å². The van der Waals surface area contributed by atoms with Crippen molar-refractivity contribution >= 4 is 17.4 Å². The second-order valence-electron chi connectivity index (χ2n) is 3.44. The Morgan fingerprint density at radius 2 is 2.23 bits per heavy atom. The number of nitrogen functional groups attached to an aromatic ring is 1. The molecule has 0 spiro atoms. The van der Waals surface area contributed by atoms with E-state index in [-0.39, 0.29) is 5.82 Å². The molecule has 0 saturated heterocycles. The predicted octanol–water partition coefficient (Wildman–Crippen LogP) is 2.91. The molecule has 13 heavy (non-hydrogen) atoms. The van der Waals surface area contributed by atoms with Gasteiger partial charge in [-0.3, -0.25) is 0 Å². The van der Waals surface area contributed by atoms with Gasteiger partial charge in [-0.25, -0.2) is 4.39 Å². The zero-order valence-electron chi connectivity index (χ0n) is 7.29. The van der Waals surface area contributed by atoms with Crippen molar-refractivity contribution in [3.63, 3.8) is 0 Å². The van der Waals surface area contributed by atoms with E-state index in [9.17, 15) is 4.39 Å². The fourth-order valence-corrected chi connectivity index (χ4v) is 2.24. The van der Waals surface area contributed by atoms with E-state index in [0.717, 1.165) is 16.6 Å². The normalized spacial score (nSPS) is 16.1. The van der Waals surface area contributed by atoms with Crippen LogP contribution in [-0.2, 0) is 0 Å². The van der Waals surface area contributed by atoms with Crippen LogP contribution in [0.2, 0.25) is 0 Å². The molecule has 1 aromatic rings. The van der Waals surface area contributed by atoms with E-state index in [1.165, 1.54) is 18.9 Å². The van der Waals surface area contributed by atoms with E-state index in [0.29, 0.717) is 5.69 Å². The second kappa shape index (κ2) is 3.58. The Kier molecular flexibility index (Phi) is 2.44. The first-order valence-electron chi connectivity index (χ1n) is 4.43. The fourth-order valence-electron chi connectivity index (χ4n) is 1.13. The number of hydrogen-bond donors (Lipinski definition) is 1. The third-order valence-electron chi connectivity index (χ3n) is 2.13. The summed E-state index contributed by atoms with van der Waals surface area (Å²) in [6.45, 7) is 0. The molecule has 0 atom stereocenters. The van der Waals surface area contributed by atoms with Crippen LogP contribution in [0.15, 0.2) is 23.1 Å². The summed E-state index contributed by atoms with van der Waals surface area (Å²) < 4.78 is 13.2. The van der Waals surface area contributed by atoms with Crippen LogP contribution in [0.5, 0.6) is 0 Å². The van der Waals surface area contributed by atoms with Crippen molar-refractivity contribution in [2.75, 3.05) is 11.5 Å². The summed E-state index contributed by atoms with van der Waals surface area (Å²) in [4.78, 5) is 0.723. The van der Waals surface area contributed by atoms with E-state index in [1.54, 1.807) is 23.9 Å². The third kappa shape index (κ3) is 2.37. The molecule has 3 heteroatoms. The van der Waals surface area contributed by atoms with Gasteiger partial charge in [-0.2, -0.15) is 0 Å². The molecule has 2 N–H and O–H groups in total. The van der Waals surface area contributed by atoms with Gasteiger partial charge in [0.1, 0.15) is 5.82 Å². The molecule has 0 aromatic heterocycles. The van der Waals surface area contributed by atoms with E-state index in [1.807, 2.05) is 0 Å². The molecular weight excluding hydrogens is 185 g/mol. The molecule has 0 radical (unpaired) electrons. The van der Waals surface area contributed by atoms with Crippen LogP contribution in [0.4, 0.5) is 10.1 Å². The first-order chi connectivity index (χ1) is 6.25. The number of thioether (sulfide) groups is 1. The summed E-state index contributed by atoms with van der Waals surface area (Å²) in [6, 6.07) is 4.89. The summed E-state index contributed by atoms with van der Waals surface area (Å²) in [5, 5.41) is 0. The lowest BCUT2D eigenvalue weighted by Gasteiger charge is -2.02. The standard InChI is InChI=1S/C10H12FNS/c11-9-5-8(12)3-4-10(9)13-6-7-1-2-7/h3-5,7H,1-2,6,12H2. The molecule has 1 fully saturated rings. The summed E-state index contributed by atoms with van der Waals surface area (Å²) >= 11 is 1.60. The summed E-state index contributed by atoms with van der Waals surface area (Å²) in [5.41, 5.74) is 5.94. The monoisotopic (exact) mass is 197 g/mol. The maximum atomic E-state index is 13.2. The van der Waals surface area contributed by atoms with Crippen LogP contribution in [0.3, 0.4) is 0 Å². The van der Waals surface area contributed by atoms with E-state index >= 15 is 0 Å². The Balaban J connectivity index is 2.01. The van der Waals surface area contributed by atoms with Crippen molar-refractivity contribution in [2.45, 2.75) is 17.7 Å². The second-order valence-corrected chi connectivity index (χ2v) is 4.51. The minimum absolute atomic E-state index is 0.189. The molecule has 1 aliphatic carbocycles. The molecule has 1 aliphatic rings. The first kappa shape index (κ1) is 8.88. The lowest BCUT2D eigenvalue weighted by molar-refractivity contribution is 0.602. The van der Waals surface area contributed by atoms with Gasteiger partial charge in [0.2, 0.25) is 0 Å². The van der Waals surface area contributed by atoms with Crippen LogP contribution in [-0.4, -0.2) is 5.75 Å². The summed E-state index contributed by atoms with van der Waals surface area (Å²) in [7, 11) is 0. The Morgan fingerprint density at radius 1 is 1.46 bits per heavy atom. The summed E-state index contributed by atoms with van der Waals surface area (Å²) in [6.07, 6.45) is 2.62. The van der Waals surface area contributed by atoms with Gasteiger partial charge in [0.05, 0.1) is 0 Å². The van der Waals surface area contributed by atoms with Crippen molar-refractivity contribution in [2.24, 2.45) is 5.92 Å². The zero-order chi connectivity index (χ0) is 9.26. The Hall–Kier alpha value is -0.700. The van der Waals surface area contributed by atoms with Crippen molar-refractivity contribution in [3.8, 4) is 0 Å². The fraction of sp³-hybridized carbons (Fsp3) is 0.400. The molecule has 0 amide bonds. The molecule has 70 valence electrons. The van der Waals surface area contributed by atoms with Gasteiger partial charge in [-0.05, 0) is 37.0 Å². The molecule has 0 unspecified atom stereocenters. The van der Waals surface area contributed by atoms with E-state index < -0.39 is 0 Å². The van der Waals surface area contributed by atoms with Crippen LogP contribution in [0.1, 0.15) is 12.8 Å². The van der Waals surface area contributed by atoms with Crippen molar-refractivity contribution in [1.29, 1.82) is 0 Å². The molecule has 1 saturated carbocycles. The number of halogens is 1. The number of benzene rings is 1. The lowest BCUT2D eigenvalue weighted by Crippen LogP contribution is -1.89. The van der Waals surface area contributed by atoms with E-state index in [4.69, 9.17) is 5.73 Å². The summed E-state index contributed by atoms with van der Waals surface area (Å²) in [5.74, 6) is 1.67. The highest BCUT2D eigenvalue weighted by Gasteiger charge is 2.21. The molecule has 0 aliphatic heterocycles. The van der Waals surface area contributed by atoms with Crippen molar-refractivity contribution in [3.05, 3.63) is 24.0 Å². The van der Waals surface area contributed by atoms with Gasteiger partial charge >= 0.3 is 0 Å². The maximum absolute atomic E-state index is 13.2. The van der Waals surface area contributed by atoms with Crippen LogP contribution >= 0.6 is 11.8 Å². The average Bonchev–Trinajstić information content (AvgIpc) is 2.86. The predicted molar refractivity (Wildman–Crippen MR) is 54.3 cm³/mol. The highest BCUT2D eigenvalue weighted by atomic mass is 32.2. The molecule has 1 nitrogen and oxygen atoms in total. The Morgan fingerprint density at radius 3 is 2.85 bits per heavy atom. The minimum atomic E-state index is -0.189. The smallest absolute Gasteiger partial charge is 0.138 e. The average molecular weight is 197 g/mol. The molecule has 1 aromatic carbocycles. The van der Waals surface area contributed by atoms with E-state index in [2.05, 4.69) is 0 Å². The van der Waals surface area contributed by atoms with Crippen LogP contribution in [0.25, 0.3) is 0 Å². The third-order valence-corrected chi connectivity index (χ3v) is 3.41. The highest BCUT2D eigenvalue weighted by Crippen LogP contribution is 2.35. The Labute approximate surface area is 81.5 Å². The minimum Gasteiger partial charge on any atom is -0.399 e. The van der Waals surface area contributed by atoms with Crippen molar-refractivity contribution < 1.29 is 4.39 Å². The molecule has 2 rings (SSSR count). The topological polar surface area (TPSA) is 26.0 Å². The van der Waals surface area contributed by atoms with Gasteiger partial charge in [0.15, 0.2) is 0 Å². The first-order valence-corrected chi connectivity index (χ1v) is 5.42. The number of hydrogen-bond acceptors (Lipinski definition) is 2. The highest BCUT2D eigenvalue weighted by molar-refractivity contribution is 7.99. The van der Waals surface area contributed by atoms with Gasteiger partial charge < -0.3 is 5.73 Å². The Bertz CT molecular complexity index is 310. The molecule has 0 heterocycles. The number of nitrogens with two attached hydrogens (primary N) is 1. The maximum Gasteiger partial charge on any atom is 0.138 e. The largest absolute Gasteiger partial charge is 0.399 e.